The summed E-state index contributed by atoms with van der Waals surface area (Å²) >= 11 is 0. The van der Waals surface area contributed by atoms with E-state index in [4.69, 9.17) is 25.4 Å². The number of halogens is 3. The molecule has 1 aromatic carbocycles. The molecule has 1 unspecified atom stereocenters. The van der Waals surface area contributed by atoms with Crippen molar-refractivity contribution in [2.75, 3.05) is 13.1 Å². The number of unbranched alkanes of at least 4 members (excludes halogenated alkanes) is 1. The van der Waals surface area contributed by atoms with E-state index in [9.17, 15) is 13.2 Å². The average molecular weight is 432 g/mol. The Morgan fingerprint density at radius 1 is 1.17 bits per heavy atom. The van der Waals surface area contributed by atoms with Crippen LogP contribution in [0.3, 0.4) is 0 Å². The predicted octanol–water partition coefficient (Wildman–Crippen LogP) is 2.18. The van der Waals surface area contributed by atoms with Gasteiger partial charge in [0, 0.05) is 12.6 Å². The summed E-state index contributed by atoms with van der Waals surface area (Å²) < 4.78 is 40.4. The molecular formula is C19H28BF3N2O5. The van der Waals surface area contributed by atoms with Crippen molar-refractivity contribution in [1.29, 1.82) is 0 Å². The Bertz CT molecular complexity index is 632. The molecule has 0 spiro atoms. The van der Waals surface area contributed by atoms with Crippen molar-refractivity contribution in [2.45, 2.75) is 57.4 Å². The first-order valence-corrected chi connectivity index (χ1v) is 9.82. The number of alkyl halides is 3. The van der Waals surface area contributed by atoms with Gasteiger partial charge in [-0.25, -0.2) is 0 Å². The van der Waals surface area contributed by atoms with E-state index in [0.29, 0.717) is 18.8 Å². The molecule has 4 N–H and O–H groups in total. The minimum Gasteiger partial charge on any atom is -0.427 e. The van der Waals surface area contributed by atoms with Gasteiger partial charge in [-0.15, -0.1) is 13.2 Å². The fraction of sp³-hybridized carbons (Fsp3) is 0.632. The van der Waals surface area contributed by atoms with Gasteiger partial charge in [-0.1, -0.05) is 25.0 Å². The molecule has 1 aliphatic rings. The van der Waals surface area contributed by atoms with Crippen LogP contribution in [0.2, 0.25) is 6.32 Å². The number of benzene rings is 1. The van der Waals surface area contributed by atoms with Crippen molar-refractivity contribution in [1.82, 2.24) is 4.90 Å². The molecule has 1 saturated heterocycles. The number of ether oxygens (including phenoxy) is 1. The summed E-state index contributed by atoms with van der Waals surface area (Å²) in [5, 5.41) is 17.7. The Morgan fingerprint density at radius 3 is 2.23 bits per heavy atom. The van der Waals surface area contributed by atoms with Gasteiger partial charge in [0.2, 0.25) is 0 Å². The third-order valence-electron chi connectivity index (χ3n) is 5.05. The molecule has 2 rings (SSSR count). The second kappa shape index (κ2) is 13.4. The summed E-state index contributed by atoms with van der Waals surface area (Å²) in [6.07, 6.45) is 0.512. The molecule has 30 heavy (non-hydrogen) atoms. The third-order valence-corrected chi connectivity index (χ3v) is 5.05. The number of rotatable bonds is 9. The highest BCUT2D eigenvalue weighted by molar-refractivity contribution is 6.40. The molecular weight excluding hydrogens is 404 g/mol. The average Bonchev–Trinajstić information content (AvgIpc) is 2.66. The van der Waals surface area contributed by atoms with E-state index >= 15 is 0 Å². The Balaban J connectivity index is 0.00000141. The Kier molecular flexibility index (Phi) is 11.7. The largest absolute Gasteiger partial charge is 0.573 e. The number of nitrogens with zero attached hydrogens (tertiary/aromatic N) is 1. The van der Waals surface area contributed by atoms with Crippen molar-refractivity contribution < 1.29 is 37.5 Å². The molecule has 0 bridgehead atoms. The molecule has 0 radical (unpaired) electrons. The number of piperidine rings is 1. The highest BCUT2D eigenvalue weighted by Gasteiger charge is 2.31. The second-order valence-electron chi connectivity index (χ2n) is 7.32. The maximum absolute atomic E-state index is 12.2. The van der Waals surface area contributed by atoms with Crippen molar-refractivity contribution in [3.8, 4) is 5.75 Å². The molecule has 1 aromatic rings. The van der Waals surface area contributed by atoms with Crippen LogP contribution in [0.25, 0.3) is 0 Å². The molecule has 1 heterocycles. The highest BCUT2D eigenvalue weighted by Crippen LogP contribution is 2.26. The standard InChI is InChI=1S/C18H28BF3N2O3.CO2/c20-18(21,22)27-16-6-4-14(5-7-16)13-24-11-8-15(9-12-24)17(23)3-1-2-10-19(25)26;2-1-3/h4-7,15,17,25-26H,1-3,8-13,23H2;. The lowest BCUT2D eigenvalue weighted by Gasteiger charge is -2.35. The SMILES string of the molecule is NC(CCCCB(O)O)C1CCN(Cc2ccc(OC(F)(F)F)cc2)CC1.O=C=O. The van der Waals surface area contributed by atoms with Crippen LogP contribution >= 0.6 is 0 Å². The molecule has 0 amide bonds. The third kappa shape index (κ3) is 11.3. The van der Waals surface area contributed by atoms with Crippen molar-refractivity contribution >= 4 is 13.3 Å². The Morgan fingerprint density at radius 2 is 1.73 bits per heavy atom. The lowest BCUT2D eigenvalue weighted by Crippen LogP contribution is -2.40. The Hall–Kier alpha value is -1.91. The first kappa shape index (κ1) is 26.1. The van der Waals surface area contributed by atoms with Crippen LogP contribution in [-0.4, -0.2) is 53.7 Å². The van der Waals surface area contributed by atoms with Crippen molar-refractivity contribution in [3.63, 3.8) is 0 Å². The summed E-state index contributed by atoms with van der Waals surface area (Å²) in [7, 11) is -1.24. The molecule has 7 nitrogen and oxygen atoms in total. The van der Waals surface area contributed by atoms with E-state index in [-0.39, 0.29) is 17.9 Å². The zero-order chi connectivity index (χ0) is 22.6. The lowest BCUT2D eigenvalue weighted by atomic mass is 9.82. The Labute approximate surface area is 174 Å². The van der Waals surface area contributed by atoms with Crippen LogP contribution < -0.4 is 10.5 Å². The van der Waals surface area contributed by atoms with Gasteiger partial charge in [0.05, 0.1) is 0 Å². The van der Waals surface area contributed by atoms with Crippen LogP contribution in [0.1, 0.15) is 37.7 Å². The quantitative estimate of drug-likeness (QED) is 0.405. The smallest absolute Gasteiger partial charge is 0.427 e. The molecule has 1 fully saturated rings. The first-order valence-electron chi connectivity index (χ1n) is 9.82. The molecule has 11 heteroatoms. The number of likely N-dealkylation sites (tertiary alicyclic amines) is 1. The number of hydrogen-bond acceptors (Lipinski definition) is 7. The number of hydrogen-bond donors (Lipinski definition) is 3. The predicted molar refractivity (Wildman–Crippen MR) is 103 cm³/mol. The van der Waals surface area contributed by atoms with Crippen LogP contribution in [0.5, 0.6) is 5.75 Å². The van der Waals surface area contributed by atoms with E-state index in [1.165, 1.54) is 12.1 Å². The van der Waals surface area contributed by atoms with Crippen LogP contribution in [0, 0.1) is 5.92 Å². The van der Waals surface area contributed by atoms with Crippen LogP contribution in [0.4, 0.5) is 13.2 Å². The van der Waals surface area contributed by atoms with Crippen molar-refractivity contribution in [3.05, 3.63) is 29.8 Å². The maximum atomic E-state index is 12.2. The van der Waals surface area contributed by atoms with Crippen LogP contribution in [0.15, 0.2) is 24.3 Å². The lowest BCUT2D eigenvalue weighted by molar-refractivity contribution is -0.274. The summed E-state index contributed by atoms with van der Waals surface area (Å²) in [4.78, 5) is 18.5. The van der Waals surface area contributed by atoms with Crippen molar-refractivity contribution in [2.24, 2.45) is 11.7 Å². The van der Waals surface area contributed by atoms with Gasteiger partial charge >= 0.3 is 19.6 Å². The van der Waals surface area contributed by atoms with E-state index in [0.717, 1.165) is 50.8 Å². The van der Waals surface area contributed by atoms with E-state index in [1.54, 1.807) is 12.1 Å². The fourth-order valence-electron chi connectivity index (χ4n) is 3.54. The van der Waals surface area contributed by atoms with Crippen LogP contribution in [-0.2, 0) is 16.1 Å². The monoisotopic (exact) mass is 432 g/mol. The van der Waals surface area contributed by atoms with E-state index in [2.05, 4.69) is 9.64 Å². The second-order valence-corrected chi connectivity index (χ2v) is 7.32. The van der Waals surface area contributed by atoms with Gasteiger partial charge in [-0.05, 0) is 62.3 Å². The van der Waals surface area contributed by atoms with Gasteiger partial charge in [-0.2, -0.15) is 9.59 Å². The fourth-order valence-corrected chi connectivity index (χ4v) is 3.54. The number of nitrogens with two attached hydrogens (primary N) is 1. The minimum absolute atomic E-state index is 0.127. The zero-order valence-electron chi connectivity index (χ0n) is 16.7. The summed E-state index contributed by atoms with van der Waals surface area (Å²) in [6.45, 7) is 2.52. The minimum atomic E-state index is -4.67. The topological polar surface area (TPSA) is 113 Å². The highest BCUT2D eigenvalue weighted by atomic mass is 19.4. The van der Waals surface area contributed by atoms with Gasteiger partial charge in [-0.3, -0.25) is 4.90 Å². The molecule has 0 aromatic heterocycles. The van der Waals surface area contributed by atoms with E-state index < -0.39 is 13.5 Å². The molecule has 168 valence electrons. The normalized spacial score (nSPS) is 16.2. The summed E-state index contributed by atoms with van der Waals surface area (Å²) in [6, 6.07) is 6.13. The molecule has 0 saturated carbocycles. The van der Waals surface area contributed by atoms with E-state index in [1.807, 2.05) is 0 Å². The molecule has 0 aliphatic carbocycles. The van der Waals surface area contributed by atoms with Gasteiger partial charge < -0.3 is 20.5 Å². The van der Waals surface area contributed by atoms with Gasteiger partial charge in [0.15, 0.2) is 0 Å². The number of carbonyl (C=O) groups excluding carboxylic acids is 2. The first-order chi connectivity index (χ1) is 14.1. The molecule has 1 atom stereocenters. The molecule has 1 aliphatic heterocycles. The van der Waals surface area contributed by atoms with Gasteiger partial charge in [0.1, 0.15) is 5.75 Å². The summed E-state index contributed by atoms with van der Waals surface area (Å²) in [5.74, 6) is 0.257. The summed E-state index contributed by atoms with van der Waals surface area (Å²) in [5.41, 5.74) is 7.23. The zero-order valence-corrected chi connectivity index (χ0v) is 16.7. The van der Waals surface area contributed by atoms with Gasteiger partial charge in [0.25, 0.3) is 0 Å². The maximum Gasteiger partial charge on any atom is 0.573 e.